The predicted octanol–water partition coefficient (Wildman–Crippen LogP) is 3.58. The van der Waals surface area contributed by atoms with Crippen LogP contribution < -0.4 is 14.8 Å². The number of hydrogen-bond donors (Lipinski definition) is 1. The monoisotopic (exact) mass is 388 g/mol. The van der Waals surface area contributed by atoms with Crippen molar-refractivity contribution in [3.63, 3.8) is 0 Å². The smallest absolute Gasteiger partial charge is 0.220 e. The minimum Gasteiger partial charge on any atom is -0.493 e. The van der Waals surface area contributed by atoms with E-state index in [-0.39, 0.29) is 17.8 Å². The standard InChI is InChI=1S/C22H29FN2O3/c1-25(2)19(17-12-13-20(27-3)21(14-17)28-4)15-24-22(26)11-7-9-16-8-5-6-10-18(16)23/h5-6,8,10,12-14,19H,7,9,11,15H2,1-4H3,(H,24,26). The van der Waals surface area contributed by atoms with E-state index >= 15 is 0 Å². The van der Waals surface area contributed by atoms with E-state index in [9.17, 15) is 9.18 Å². The zero-order valence-electron chi connectivity index (χ0n) is 17.0. The molecule has 0 saturated heterocycles. The van der Waals surface area contributed by atoms with Gasteiger partial charge in [0.1, 0.15) is 5.82 Å². The molecule has 1 N–H and O–H groups in total. The molecule has 0 radical (unpaired) electrons. The number of aryl methyl sites for hydroxylation is 1. The first kappa shape index (κ1) is 21.7. The number of nitrogens with zero attached hydrogens (tertiary/aromatic N) is 1. The number of carbonyl (C=O) groups excluding carboxylic acids is 1. The highest BCUT2D eigenvalue weighted by Gasteiger charge is 2.17. The Morgan fingerprint density at radius 2 is 1.82 bits per heavy atom. The number of nitrogens with one attached hydrogen (secondary N) is 1. The van der Waals surface area contributed by atoms with E-state index in [0.717, 1.165) is 5.56 Å². The van der Waals surface area contributed by atoms with Crippen LogP contribution in [-0.2, 0) is 11.2 Å². The van der Waals surface area contributed by atoms with E-state index in [1.807, 2.05) is 43.3 Å². The van der Waals surface area contributed by atoms with Crippen LogP contribution in [0.5, 0.6) is 11.5 Å². The first-order valence-corrected chi connectivity index (χ1v) is 9.34. The Labute approximate surface area is 166 Å². The molecule has 0 fully saturated rings. The number of ether oxygens (including phenoxy) is 2. The maximum Gasteiger partial charge on any atom is 0.220 e. The molecule has 0 aliphatic carbocycles. The molecule has 1 atom stereocenters. The Bertz CT molecular complexity index is 780. The number of benzene rings is 2. The molecule has 0 aromatic heterocycles. The molecule has 0 heterocycles. The quantitative estimate of drug-likeness (QED) is 0.676. The fourth-order valence-corrected chi connectivity index (χ4v) is 3.10. The van der Waals surface area contributed by atoms with Crippen LogP contribution in [-0.4, -0.2) is 45.7 Å². The molecule has 0 spiro atoms. The summed E-state index contributed by atoms with van der Waals surface area (Å²) in [7, 11) is 7.13. The molecular formula is C22H29FN2O3. The van der Waals surface area contributed by atoms with Crippen molar-refractivity contribution in [2.24, 2.45) is 0 Å². The Kier molecular flexibility index (Phi) is 8.26. The molecule has 0 aliphatic heterocycles. The van der Waals surface area contributed by atoms with Crippen molar-refractivity contribution in [3.8, 4) is 11.5 Å². The molecule has 152 valence electrons. The molecule has 1 unspecified atom stereocenters. The summed E-state index contributed by atoms with van der Waals surface area (Å²) in [6.07, 6.45) is 1.52. The SMILES string of the molecule is COc1ccc(C(CNC(=O)CCCc2ccccc2F)N(C)C)cc1OC. The van der Waals surface area contributed by atoms with Gasteiger partial charge in [-0.3, -0.25) is 4.79 Å². The molecule has 0 bridgehead atoms. The Hall–Kier alpha value is -2.60. The van der Waals surface area contributed by atoms with Crippen molar-refractivity contribution in [2.75, 3.05) is 34.9 Å². The van der Waals surface area contributed by atoms with Crippen LogP contribution >= 0.6 is 0 Å². The zero-order valence-corrected chi connectivity index (χ0v) is 17.0. The Balaban J connectivity index is 1.90. The van der Waals surface area contributed by atoms with Gasteiger partial charge in [-0.15, -0.1) is 0 Å². The second-order valence-electron chi connectivity index (χ2n) is 6.84. The van der Waals surface area contributed by atoms with Gasteiger partial charge in [-0.05, 0) is 56.3 Å². The van der Waals surface area contributed by atoms with Crippen molar-refractivity contribution < 1.29 is 18.7 Å². The summed E-state index contributed by atoms with van der Waals surface area (Å²) in [6, 6.07) is 12.4. The second-order valence-corrected chi connectivity index (χ2v) is 6.84. The van der Waals surface area contributed by atoms with Crippen molar-refractivity contribution in [1.29, 1.82) is 0 Å². The number of rotatable bonds is 10. The molecule has 5 nitrogen and oxygen atoms in total. The van der Waals surface area contributed by atoms with Crippen molar-refractivity contribution >= 4 is 5.91 Å². The second kappa shape index (κ2) is 10.7. The van der Waals surface area contributed by atoms with Crippen LogP contribution in [0.1, 0.15) is 30.0 Å². The van der Waals surface area contributed by atoms with Crippen molar-refractivity contribution in [1.82, 2.24) is 10.2 Å². The Morgan fingerprint density at radius 3 is 2.46 bits per heavy atom. The van der Waals surface area contributed by atoms with E-state index in [0.29, 0.717) is 42.9 Å². The highest BCUT2D eigenvalue weighted by Crippen LogP contribution is 2.31. The van der Waals surface area contributed by atoms with Crippen LogP contribution in [0.15, 0.2) is 42.5 Å². The minimum atomic E-state index is -0.218. The average molecular weight is 388 g/mol. The molecular weight excluding hydrogens is 359 g/mol. The van der Waals surface area contributed by atoms with Gasteiger partial charge >= 0.3 is 0 Å². The Morgan fingerprint density at radius 1 is 1.11 bits per heavy atom. The van der Waals surface area contributed by atoms with Gasteiger partial charge in [0, 0.05) is 13.0 Å². The highest BCUT2D eigenvalue weighted by atomic mass is 19.1. The van der Waals surface area contributed by atoms with Crippen molar-refractivity contribution in [3.05, 3.63) is 59.4 Å². The van der Waals surface area contributed by atoms with Crippen LogP contribution in [0.2, 0.25) is 0 Å². The topological polar surface area (TPSA) is 50.8 Å². The molecule has 0 aliphatic rings. The number of methoxy groups -OCH3 is 2. The summed E-state index contributed by atoms with van der Waals surface area (Å²) in [5.74, 6) is 1.07. The third-order valence-corrected chi connectivity index (χ3v) is 4.72. The van der Waals surface area contributed by atoms with Gasteiger partial charge in [-0.1, -0.05) is 24.3 Å². The average Bonchev–Trinajstić information content (AvgIpc) is 2.69. The third kappa shape index (κ3) is 5.96. The number of carbonyl (C=O) groups is 1. The first-order valence-electron chi connectivity index (χ1n) is 9.34. The summed E-state index contributed by atoms with van der Waals surface area (Å²) in [6.45, 7) is 0.473. The summed E-state index contributed by atoms with van der Waals surface area (Å²) in [5, 5.41) is 2.98. The molecule has 28 heavy (non-hydrogen) atoms. The van der Waals surface area contributed by atoms with E-state index in [4.69, 9.17) is 9.47 Å². The molecule has 2 rings (SSSR count). The maximum absolute atomic E-state index is 13.6. The molecule has 6 heteroatoms. The van der Waals surface area contributed by atoms with E-state index in [1.165, 1.54) is 6.07 Å². The number of amides is 1. The van der Waals surface area contributed by atoms with E-state index < -0.39 is 0 Å². The fourth-order valence-electron chi connectivity index (χ4n) is 3.10. The molecule has 0 saturated carbocycles. The lowest BCUT2D eigenvalue weighted by Gasteiger charge is -2.26. The van der Waals surface area contributed by atoms with Crippen LogP contribution in [0.3, 0.4) is 0 Å². The van der Waals surface area contributed by atoms with Gasteiger partial charge in [0.15, 0.2) is 11.5 Å². The minimum absolute atomic E-state index is 0.00433. The number of hydrogen-bond acceptors (Lipinski definition) is 4. The predicted molar refractivity (Wildman–Crippen MR) is 108 cm³/mol. The first-order chi connectivity index (χ1) is 13.5. The fraction of sp³-hybridized carbons (Fsp3) is 0.409. The lowest BCUT2D eigenvalue weighted by Crippen LogP contribution is -2.34. The van der Waals surface area contributed by atoms with Gasteiger partial charge in [0.05, 0.1) is 20.3 Å². The summed E-state index contributed by atoms with van der Waals surface area (Å²) in [4.78, 5) is 14.3. The molecule has 1 amide bonds. The highest BCUT2D eigenvalue weighted by molar-refractivity contribution is 5.75. The number of likely N-dealkylation sites (N-methyl/N-ethyl adjacent to an activating group) is 1. The van der Waals surface area contributed by atoms with Crippen LogP contribution in [0.4, 0.5) is 4.39 Å². The van der Waals surface area contributed by atoms with Crippen LogP contribution in [0.25, 0.3) is 0 Å². The number of halogens is 1. The lowest BCUT2D eigenvalue weighted by molar-refractivity contribution is -0.121. The van der Waals surface area contributed by atoms with Gasteiger partial charge in [-0.25, -0.2) is 4.39 Å². The lowest BCUT2D eigenvalue weighted by atomic mass is 10.0. The van der Waals surface area contributed by atoms with E-state index in [1.54, 1.807) is 26.4 Å². The normalized spacial score (nSPS) is 11.9. The third-order valence-electron chi connectivity index (χ3n) is 4.72. The zero-order chi connectivity index (χ0) is 20.5. The van der Waals surface area contributed by atoms with Crippen molar-refractivity contribution in [2.45, 2.75) is 25.3 Å². The van der Waals surface area contributed by atoms with Gasteiger partial charge in [0.25, 0.3) is 0 Å². The summed E-state index contributed by atoms with van der Waals surface area (Å²) in [5.41, 5.74) is 1.67. The largest absolute Gasteiger partial charge is 0.493 e. The van der Waals surface area contributed by atoms with Gasteiger partial charge in [0.2, 0.25) is 5.91 Å². The maximum atomic E-state index is 13.6. The van der Waals surface area contributed by atoms with Gasteiger partial charge in [-0.2, -0.15) is 0 Å². The summed E-state index contributed by atoms with van der Waals surface area (Å²) < 4.78 is 24.3. The summed E-state index contributed by atoms with van der Waals surface area (Å²) >= 11 is 0. The van der Waals surface area contributed by atoms with Gasteiger partial charge < -0.3 is 19.7 Å². The van der Waals surface area contributed by atoms with E-state index in [2.05, 4.69) is 5.32 Å². The molecule has 2 aromatic carbocycles. The van der Waals surface area contributed by atoms with Crippen LogP contribution in [0, 0.1) is 5.82 Å². The molecule has 2 aromatic rings.